The predicted molar refractivity (Wildman–Crippen MR) is 81.9 cm³/mol. The van der Waals surface area contributed by atoms with E-state index in [1.165, 1.54) is 0 Å². The molecule has 3 heterocycles. The van der Waals surface area contributed by atoms with E-state index >= 15 is 0 Å². The lowest BCUT2D eigenvalue weighted by Gasteiger charge is -2.07. The standard InChI is InChI=1S/C16H16N4O2/c1-11-14(16(21)18-10-12-5-7-17-8-6-12)20-9-3-4-13(22-2)15(20)19-11/h3-9H,10H2,1-2H3,(H,18,21). The second kappa shape index (κ2) is 5.85. The molecule has 0 atom stereocenters. The second-order valence-electron chi connectivity index (χ2n) is 4.85. The molecule has 1 amide bonds. The van der Waals surface area contributed by atoms with Gasteiger partial charge in [0.05, 0.1) is 12.8 Å². The van der Waals surface area contributed by atoms with E-state index < -0.39 is 0 Å². The topological polar surface area (TPSA) is 68.5 Å². The zero-order valence-corrected chi connectivity index (χ0v) is 12.4. The Balaban J connectivity index is 1.89. The van der Waals surface area contributed by atoms with Crippen LogP contribution in [0.3, 0.4) is 0 Å². The molecule has 0 radical (unpaired) electrons. The lowest BCUT2D eigenvalue weighted by molar-refractivity contribution is 0.0944. The predicted octanol–water partition coefficient (Wildman–Crippen LogP) is 1.98. The highest BCUT2D eigenvalue weighted by molar-refractivity contribution is 5.94. The average Bonchev–Trinajstić information content (AvgIpc) is 2.89. The first-order chi connectivity index (χ1) is 10.7. The molecule has 0 aliphatic heterocycles. The van der Waals surface area contributed by atoms with Gasteiger partial charge in [0.2, 0.25) is 0 Å². The molecular weight excluding hydrogens is 280 g/mol. The fourth-order valence-electron chi connectivity index (χ4n) is 2.36. The number of imidazole rings is 1. The highest BCUT2D eigenvalue weighted by Crippen LogP contribution is 2.21. The number of methoxy groups -OCH3 is 1. The van der Waals surface area contributed by atoms with Crippen molar-refractivity contribution in [3.8, 4) is 5.75 Å². The first-order valence-electron chi connectivity index (χ1n) is 6.89. The molecule has 0 saturated carbocycles. The summed E-state index contributed by atoms with van der Waals surface area (Å²) in [6, 6.07) is 7.38. The second-order valence-corrected chi connectivity index (χ2v) is 4.85. The number of hydrogen-bond donors (Lipinski definition) is 1. The van der Waals surface area contributed by atoms with Crippen LogP contribution in [0.2, 0.25) is 0 Å². The molecule has 22 heavy (non-hydrogen) atoms. The number of nitrogens with zero attached hydrogens (tertiary/aromatic N) is 3. The molecule has 3 rings (SSSR count). The number of nitrogens with one attached hydrogen (secondary N) is 1. The van der Waals surface area contributed by atoms with Gasteiger partial charge in [0, 0.05) is 25.1 Å². The van der Waals surface area contributed by atoms with Crippen LogP contribution in [0.1, 0.15) is 21.7 Å². The molecule has 3 aromatic rings. The molecule has 0 aliphatic carbocycles. The van der Waals surface area contributed by atoms with Gasteiger partial charge >= 0.3 is 0 Å². The van der Waals surface area contributed by atoms with Crippen LogP contribution in [0.5, 0.6) is 5.75 Å². The Kier molecular flexibility index (Phi) is 3.74. The maximum atomic E-state index is 12.5. The maximum absolute atomic E-state index is 12.5. The number of aryl methyl sites for hydroxylation is 1. The van der Waals surface area contributed by atoms with Gasteiger partial charge in [-0.1, -0.05) is 0 Å². The molecule has 3 aromatic heterocycles. The van der Waals surface area contributed by atoms with Crippen molar-refractivity contribution in [1.82, 2.24) is 19.7 Å². The third-order valence-electron chi connectivity index (χ3n) is 3.43. The molecule has 0 spiro atoms. The van der Waals surface area contributed by atoms with Crippen LogP contribution in [0, 0.1) is 6.92 Å². The van der Waals surface area contributed by atoms with Crippen molar-refractivity contribution in [3.05, 3.63) is 59.8 Å². The maximum Gasteiger partial charge on any atom is 0.270 e. The number of hydrogen-bond acceptors (Lipinski definition) is 4. The van der Waals surface area contributed by atoms with Crippen LogP contribution >= 0.6 is 0 Å². The van der Waals surface area contributed by atoms with E-state index in [9.17, 15) is 4.79 Å². The number of carbonyl (C=O) groups is 1. The number of pyridine rings is 2. The van der Waals surface area contributed by atoms with Gasteiger partial charge in [-0.25, -0.2) is 4.98 Å². The first-order valence-corrected chi connectivity index (χ1v) is 6.89. The lowest BCUT2D eigenvalue weighted by Crippen LogP contribution is -2.25. The van der Waals surface area contributed by atoms with Crippen LogP contribution in [-0.2, 0) is 6.54 Å². The van der Waals surface area contributed by atoms with Crippen molar-refractivity contribution in [2.24, 2.45) is 0 Å². The third-order valence-corrected chi connectivity index (χ3v) is 3.43. The summed E-state index contributed by atoms with van der Waals surface area (Å²) in [5.74, 6) is 0.467. The van der Waals surface area contributed by atoms with Gasteiger partial charge in [0.25, 0.3) is 5.91 Å². The molecule has 0 fully saturated rings. The molecule has 0 unspecified atom stereocenters. The van der Waals surface area contributed by atoms with Gasteiger partial charge in [-0.15, -0.1) is 0 Å². The van der Waals surface area contributed by atoms with Gasteiger partial charge in [0.15, 0.2) is 11.4 Å². The van der Waals surface area contributed by atoms with Crippen molar-refractivity contribution in [2.75, 3.05) is 7.11 Å². The molecule has 112 valence electrons. The molecule has 0 saturated heterocycles. The van der Waals surface area contributed by atoms with Crippen molar-refractivity contribution < 1.29 is 9.53 Å². The summed E-state index contributed by atoms with van der Waals surface area (Å²) in [6.45, 7) is 2.26. The fourth-order valence-corrected chi connectivity index (χ4v) is 2.36. The number of aromatic nitrogens is 3. The Morgan fingerprint density at radius 2 is 2.09 bits per heavy atom. The summed E-state index contributed by atoms with van der Waals surface area (Å²) >= 11 is 0. The van der Waals surface area contributed by atoms with Gasteiger partial charge in [0.1, 0.15) is 5.69 Å². The molecular formula is C16H16N4O2. The SMILES string of the molecule is COc1cccn2c(C(=O)NCc3ccncc3)c(C)nc12. The summed E-state index contributed by atoms with van der Waals surface area (Å²) < 4.78 is 7.03. The van der Waals surface area contributed by atoms with E-state index in [1.54, 1.807) is 30.1 Å². The van der Waals surface area contributed by atoms with E-state index in [-0.39, 0.29) is 5.91 Å². The largest absolute Gasteiger partial charge is 0.493 e. The van der Waals surface area contributed by atoms with E-state index in [4.69, 9.17) is 4.74 Å². The quantitative estimate of drug-likeness (QED) is 0.799. The summed E-state index contributed by atoms with van der Waals surface area (Å²) in [5.41, 5.74) is 2.81. The first kappa shape index (κ1) is 14.1. The van der Waals surface area contributed by atoms with Crippen molar-refractivity contribution in [2.45, 2.75) is 13.5 Å². The van der Waals surface area contributed by atoms with E-state index in [0.717, 1.165) is 5.56 Å². The molecule has 0 aliphatic rings. The van der Waals surface area contributed by atoms with Gasteiger partial charge in [-0.05, 0) is 36.8 Å². The number of ether oxygens (including phenoxy) is 1. The van der Waals surface area contributed by atoms with Crippen LogP contribution in [0.25, 0.3) is 5.65 Å². The van der Waals surface area contributed by atoms with E-state index in [1.807, 2.05) is 31.2 Å². The van der Waals surface area contributed by atoms with Gasteiger partial charge < -0.3 is 10.1 Å². The molecule has 0 aromatic carbocycles. The smallest absolute Gasteiger partial charge is 0.270 e. The molecule has 6 heteroatoms. The van der Waals surface area contributed by atoms with Gasteiger partial charge in [-0.3, -0.25) is 14.2 Å². The van der Waals surface area contributed by atoms with Crippen LogP contribution in [0.15, 0.2) is 42.9 Å². The minimum atomic E-state index is -0.171. The molecule has 1 N–H and O–H groups in total. The Morgan fingerprint density at radius 3 is 2.82 bits per heavy atom. The number of carbonyl (C=O) groups excluding carboxylic acids is 1. The van der Waals surface area contributed by atoms with E-state index in [2.05, 4.69) is 15.3 Å². The van der Waals surface area contributed by atoms with Crippen molar-refractivity contribution in [1.29, 1.82) is 0 Å². The minimum Gasteiger partial charge on any atom is -0.493 e. The van der Waals surface area contributed by atoms with Gasteiger partial charge in [-0.2, -0.15) is 0 Å². The third kappa shape index (κ3) is 2.50. The molecule has 6 nitrogen and oxygen atoms in total. The fraction of sp³-hybridized carbons (Fsp3) is 0.188. The Bertz CT molecular complexity index is 812. The summed E-state index contributed by atoms with van der Waals surface area (Å²) in [7, 11) is 1.59. The minimum absolute atomic E-state index is 0.171. The summed E-state index contributed by atoms with van der Waals surface area (Å²) in [4.78, 5) is 20.9. The highest BCUT2D eigenvalue weighted by atomic mass is 16.5. The van der Waals surface area contributed by atoms with Crippen LogP contribution in [-0.4, -0.2) is 27.4 Å². The normalized spacial score (nSPS) is 10.6. The van der Waals surface area contributed by atoms with Crippen LogP contribution in [0.4, 0.5) is 0 Å². The zero-order chi connectivity index (χ0) is 15.5. The Hall–Kier alpha value is -2.89. The Morgan fingerprint density at radius 1 is 1.32 bits per heavy atom. The number of amides is 1. The highest BCUT2D eigenvalue weighted by Gasteiger charge is 2.18. The van der Waals surface area contributed by atoms with Crippen molar-refractivity contribution >= 4 is 11.6 Å². The molecule has 0 bridgehead atoms. The van der Waals surface area contributed by atoms with Crippen LogP contribution < -0.4 is 10.1 Å². The number of fused-ring (bicyclic) bond motifs is 1. The summed E-state index contributed by atoms with van der Waals surface area (Å²) in [6.07, 6.45) is 5.21. The van der Waals surface area contributed by atoms with Crippen molar-refractivity contribution in [3.63, 3.8) is 0 Å². The Labute approximate surface area is 127 Å². The lowest BCUT2D eigenvalue weighted by atomic mass is 10.2. The monoisotopic (exact) mass is 296 g/mol. The number of rotatable bonds is 4. The summed E-state index contributed by atoms with van der Waals surface area (Å²) in [5, 5.41) is 2.90. The van der Waals surface area contributed by atoms with E-state index in [0.29, 0.717) is 29.3 Å². The zero-order valence-electron chi connectivity index (χ0n) is 12.4. The average molecular weight is 296 g/mol.